The summed E-state index contributed by atoms with van der Waals surface area (Å²) < 4.78 is 4.76. The molecule has 10 heavy (non-hydrogen) atoms. The van der Waals surface area contributed by atoms with E-state index in [4.69, 9.17) is 11.3 Å². The standard InChI is InChI=1S/C7H12NO2/c1-4-7(9)8(2)5-6-10-3/h1,4H,5-6H2,2-3H3. The van der Waals surface area contributed by atoms with Crippen LogP contribution in [0.1, 0.15) is 0 Å². The predicted octanol–water partition coefficient (Wildman–Crippen LogP) is 0.0804. The van der Waals surface area contributed by atoms with Crippen molar-refractivity contribution in [2.75, 3.05) is 27.3 Å². The van der Waals surface area contributed by atoms with Crippen LogP contribution in [-0.2, 0) is 9.53 Å². The Bertz CT molecular complexity index is 123. The minimum atomic E-state index is -0.183. The van der Waals surface area contributed by atoms with Gasteiger partial charge in [-0.3, -0.25) is 4.79 Å². The van der Waals surface area contributed by atoms with Gasteiger partial charge in [0, 0.05) is 26.8 Å². The predicted molar refractivity (Wildman–Crippen MR) is 38.4 cm³/mol. The lowest BCUT2D eigenvalue weighted by Gasteiger charge is -2.13. The number of amides is 1. The van der Waals surface area contributed by atoms with Crippen molar-refractivity contribution in [1.82, 2.24) is 4.90 Å². The Morgan fingerprint density at radius 1 is 1.80 bits per heavy atom. The molecule has 0 unspecified atom stereocenters. The van der Waals surface area contributed by atoms with Crippen molar-refractivity contribution in [1.29, 1.82) is 0 Å². The highest BCUT2D eigenvalue weighted by Crippen LogP contribution is 1.84. The highest BCUT2D eigenvalue weighted by atomic mass is 16.5. The quantitative estimate of drug-likeness (QED) is 0.520. The van der Waals surface area contributed by atoms with Gasteiger partial charge in [-0.25, -0.2) is 0 Å². The number of likely N-dealkylation sites (N-methyl/N-ethyl adjacent to an activating group) is 1. The second-order valence-corrected chi connectivity index (χ2v) is 1.92. The first kappa shape index (κ1) is 9.17. The molecular weight excluding hydrogens is 130 g/mol. The summed E-state index contributed by atoms with van der Waals surface area (Å²) in [5, 5.41) is 0. The molecule has 0 atom stereocenters. The van der Waals surface area contributed by atoms with Crippen LogP contribution in [0, 0.1) is 6.58 Å². The molecule has 0 aromatic heterocycles. The molecular formula is C7H12NO2. The van der Waals surface area contributed by atoms with Crippen molar-refractivity contribution in [3.8, 4) is 0 Å². The summed E-state index contributed by atoms with van der Waals surface area (Å²) in [4.78, 5) is 12.2. The summed E-state index contributed by atoms with van der Waals surface area (Å²) >= 11 is 0. The fourth-order valence-corrected chi connectivity index (χ4v) is 0.466. The number of carbonyl (C=O) groups excluding carboxylic acids is 1. The topological polar surface area (TPSA) is 29.5 Å². The summed E-state index contributed by atoms with van der Waals surface area (Å²) in [5.41, 5.74) is 0. The molecule has 0 bridgehead atoms. The minimum Gasteiger partial charge on any atom is -0.383 e. The normalized spacial score (nSPS) is 9.00. The maximum Gasteiger partial charge on any atom is 0.246 e. The number of carbonyl (C=O) groups is 1. The third-order valence-electron chi connectivity index (χ3n) is 1.15. The molecule has 0 heterocycles. The van der Waals surface area contributed by atoms with Crippen molar-refractivity contribution in [3.63, 3.8) is 0 Å². The van der Waals surface area contributed by atoms with Gasteiger partial charge in [-0.15, -0.1) is 0 Å². The molecule has 1 amide bonds. The van der Waals surface area contributed by atoms with E-state index in [1.165, 1.54) is 4.90 Å². The molecule has 57 valence electrons. The first-order chi connectivity index (χ1) is 4.72. The fourth-order valence-electron chi connectivity index (χ4n) is 0.466. The number of ether oxygens (including phenoxy) is 1. The lowest BCUT2D eigenvalue weighted by atomic mass is 10.5. The zero-order valence-corrected chi connectivity index (χ0v) is 6.33. The molecule has 3 heteroatoms. The van der Waals surface area contributed by atoms with Gasteiger partial charge in [0.05, 0.1) is 6.61 Å². The maximum absolute atomic E-state index is 10.7. The zero-order valence-electron chi connectivity index (χ0n) is 6.33. The van der Waals surface area contributed by atoms with Crippen LogP contribution in [0.15, 0.2) is 6.08 Å². The Balaban J connectivity index is 3.51. The third kappa shape index (κ3) is 3.25. The maximum atomic E-state index is 10.7. The zero-order chi connectivity index (χ0) is 7.98. The van der Waals surface area contributed by atoms with Gasteiger partial charge in [-0.1, -0.05) is 6.58 Å². The number of methoxy groups -OCH3 is 1. The van der Waals surface area contributed by atoms with Gasteiger partial charge < -0.3 is 9.64 Å². The molecule has 0 aliphatic heterocycles. The Hall–Kier alpha value is -0.830. The Morgan fingerprint density at radius 2 is 2.40 bits per heavy atom. The minimum absolute atomic E-state index is 0.183. The second-order valence-electron chi connectivity index (χ2n) is 1.92. The third-order valence-corrected chi connectivity index (χ3v) is 1.15. The molecule has 0 N–H and O–H groups in total. The lowest BCUT2D eigenvalue weighted by Crippen LogP contribution is -2.28. The number of hydrogen-bond acceptors (Lipinski definition) is 2. The van der Waals surface area contributed by atoms with Crippen LogP contribution in [0.4, 0.5) is 0 Å². The second kappa shape index (κ2) is 4.99. The smallest absolute Gasteiger partial charge is 0.246 e. The Kier molecular flexibility index (Phi) is 4.58. The van der Waals surface area contributed by atoms with Crippen molar-refractivity contribution in [2.24, 2.45) is 0 Å². The molecule has 0 aliphatic carbocycles. The Morgan fingerprint density at radius 3 is 2.80 bits per heavy atom. The van der Waals surface area contributed by atoms with E-state index in [1.807, 2.05) is 0 Å². The fraction of sp³-hybridized carbons (Fsp3) is 0.571. The van der Waals surface area contributed by atoms with Crippen LogP contribution in [0.25, 0.3) is 0 Å². The van der Waals surface area contributed by atoms with Crippen LogP contribution < -0.4 is 0 Å². The van der Waals surface area contributed by atoms with Crippen LogP contribution in [0.3, 0.4) is 0 Å². The highest BCUT2D eigenvalue weighted by molar-refractivity contribution is 5.86. The van der Waals surface area contributed by atoms with E-state index in [0.717, 1.165) is 6.08 Å². The summed E-state index contributed by atoms with van der Waals surface area (Å²) in [7, 11) is 3.26. The van der Waals surface area contributed by atoms with Gasteiger partial charge in [-0.2, -0.15) is 0 Å². The van der Waals surface area contributed by atoms with E-state index in [-0.39, 0.29) is 5.91 Å². The molecule has 0 rings (SSSR count). The SMILES string of the molecule is [CH]=CC(=O)N(C)CCOC. The van der Waals surface area contributed by atoms with Crippen LogP contribution in [-0.4, -0.2) is 38.1 Å². The van der Waals surface area contributed by atoms with Crippen molar-refractivity contribution in [2.45, 2.75) is 0 Å². The van der Waals surface area contributed by atoms with E-state index < -0.39 is 0 Å². The molecule has 0 fully saturated rings. The van der Waals surface area contributed by atoms with E-state index in [2.05, 4.69) is 0 Å². The monoisotopic (exact) mass is 142 g/mol. The van der Waals surface area contributed by atoms with Crippen LogP contribution in [0.2, 0.25) is 0 Å². The van der Waals surface area contributed by atoms with E-state index in [9.17, 15) is 4.79 Å². The molecule has 0 spiro atoms. The van der Waals surface area contributed by atoms with Gasteiger partial charge in [0.25, 0.3) is 0 Å². The van der Waals surface area contributed by atoms with Crippen molar-refractivity contribution in [3.05, 3.63) is 12.7 Å². The molecule has 0 saturated carbocycles. The molecule has 3 nitrogen and oxygen atoms in total. The summed E-state index contributed by atoms with van der Waals surface area (Å²) in [6.07, 6.45) is 1.04. The first-order valence-electron chi connectivity index (χ1n) is 3.01. The van der Waals surface area contributed by atoms with E-state index in [1.54, 1.807) is 14.2 Å². The van der Waals surface area contributed by atoms with Crippen LogP contribution in [0.5, 0.6) is 0 Å². The van der Waals surface area contributed by atoms with Crippen molar-refractivity contribution >= 4 is 5.91 Å². The first-order valence-corrected chi connectivity index (χ1v) is 3.01. The van der Waals surface area contributed by atoms with Gasteiger partial charge in [0.1, 0.15) is 0 Å². The van der Waals surface area contributed by atoms with Gasteiger partial charge >= 0.3 is 0 Å². The van der Waals surface area contributed by atoms with Gasteiger partial charge in [-0.05, 0) is 0 Å². The largest absolute Gasteiger partial charge is 0.383 e. The van der Waals surface area contributed by atoms with Crippen molar-refractivity contribution < 1.29 is 9.53 Å². The lowest BCUT2D eigenvalue weighted by molar-refractivity contribution is -0.125. The average Bonchev–Trinajstić information content (AvgIpc) is 1.98. The average molecular weight is 142 g/mol. The highest BCUT2D eigenvalue weighted by Gasteiger charge is 2.01. The number of nitrogens with zero attached hydrogens (tertiary/aromatic N) is 1. The van der Waals surface area contributed by atoms with Crippen LogP contribution >= 0.6 is 0 Å². The summed E-state index contributed by atoms with van der Waals surface area (Å²) in [6.45, 7) is 6.10. The van der Waals surface area contributed by atoms with E-state index >= 15 is 0 Å². The molecule has 0 aromatic carbocycles. The van der Waals surface area contributed by atoms with Gasteiger partial charge in [0.2, 0.25) is 5.91 Å². The molecule has 0 aliphatic rings. The molecule has 1 radical (unpaired) electrons. The van der Waals surface area contributed by atoms with E-state index in [0.29, 0.717) is 13.2 Å². The molecule has 0 saturated heterocycles. The number of hydrogen-bond donors (Lipinski definition) is 0. The molecule has 0 aromatic rings. The summed E-state index contributed by atoms with van der Waals surface area (Å²) in [5.74, 6) is -0.183. The van der Waals surface area contributed by atoms with Gasteiger partial charge in [0.15, 0.2) is 0 Å². The number of rotatable bonds is 4. The Labute approximate surface area is 61.3 Å². The summed E-state index contributed by atoms with van der Waals surface area (Å²) in [6, 6.07) is 0.